The molecule has 0 aliphatic heterocycles. The summed E-state index contributed by atoms with van der Waals surface area (Å²) in [7, 11) is 4.28. The van der Waals surface area contributed by atoms with Crippen LogP contribution < -0.4 is 22.1 Å². The number of hydrogen-bond donors (Lipinski definition) is 4. The predicted molar refractivity (Wildman–Crippen MR) is 152 cm³/mol. The molecule has 0 spiro atoms. The zero-order valence-electron chi connectivity index (χ0n) is 23.9. The number of hydrogen-bond acceptors (Lipinski definition) is 9. The summed E-state index contributed by atoms with van der Waals surface area (Å²) in [4.78, 5) is 0. The standard InChI is InChI=1S/C12H30N2O3Si.C12H30N2O2Si/c1-15-18(16-2,17-3)12-8-11-14-10-7-5-4-6-9-13;1-15-17(3,16-2)12-8-11-14-10-7-5-4-6-9-13/h14H,4-13H2,1-3H3;14H,4-13H2,1-3H3. The lowest BCUT2D eigenvalue weighted by molar-refractivity contribution is 0.123. The van der Waals surface area contributed by atoms with Crippen LogP contribution in [0.25, 0.3) is 0 Å². The van der Waals surface area contributed by atoms with Gasteiger partial charge in [0.25, 0.3) is 0 Å². The maximum Gasteiger partial charge on any atom is 0.500 e. The van der Waals surface area contributed by atoms with E-state index in [1.165, 1.54) is 38.5 Å². The molecule has 0 bridgehead atoms. The molecule has 11 heteroatoms. The van der Waals surface area contributed by atoms with Crippen molar-refractivity contribution in [2.45, 2.75) is 82.8 Å². The van der Waals surface area contributed by atoms with Gasteiger partial charge >= 0.3 is 17.4 Å². The van der Waals surface area contributed by atoms with Crippen LogP contribution in [0.3, 0.4) is 0 Å². The van der Waals surface area contributed by atoms with Crippen molar-refractivity contribution >= 4 is 17.4 Å². The largest absolute Gasteiger partial charge is 0.500 e. The SMILES string of the molecule is CO[Si](C)(CCCNCCCCCCN)OC.CO[Si](CCCNCCCCCCN)(OC)OC. The average Bonchev–Trinajstić information content (AvgIpc) is 2.89. The van der Waals surface area contributed by atoms with Gasteiger partial charge in [0.2, 0.25) is 0 Å². The highest BCUT2D eigenvalue weighted by Gasteiger charge is 2.36. The Bertz CT molecular complexity index is 413. The summed E-state index contributed by atoms with van der Waals surface area (Å²) in [5.41, 5.74) is 10.9. The van der Waals surface area contributed by atoms with Crippen LogP contribution in [0.4, 0.5) is 0 Å². The first-order chi connectivity index (χ1) is 16.9. The summed E-state index contributed by atoms with van der Waals surface area (Å²) in [6.45, 7) is 7.98. The van der Waals surface area contributed by atoms with Gasteiger partial charge in [-0.25, -0.2) is 0 Å². The minimum Gasteiger partial charge on any atom is -0.398 e. The fourth-order valence-corrected chi connectivity index (χ4v) is 6.67. The van der Waals surface area contributed by atoms with E-state index in [1.807, 2.05) is 0 Å². The smallest absolute Gasteiger partial charge is 0.398 e. The fourth-order valence-electron chi connectivity index (χ4n) is 3.55. The van der Waals surface area contributed by atoms with Crippen molar-refractivity contribution in [1.82, 2.24) is 10.6 Å². The molecule has 0 heterocycles. The second kappa shape index (κ2) is 27.1. The Morgan fingerprint density at radius 2 is 0.857 bits per heavy atom. The Morgan fingerprint density at radius 3 is 1.23 bits per heavy atom. The maximum atomic E-state index is 5.44. The summed E-state index contributed by atoms with van der Waals surface area (Å²) < 4.78 is 27.0. The third kappa shape index (κ3) is 23.0. The summed E-state index contributed by atoms with van der Waals surface area (Å²) in [5, 5.41) is 6.89. The minimum absolute atomic E-state index is 0.811. The van der Waals surface area contributed by atoms with Crippen LogP contribution in [0, 0.1) is 0 Å². The van der Waals surface area contributed by atoms with Crippen LogP contribution in [0.5, 0.6) is 0 Å². The van der Waals surface area contributed by atoms with Gasteiger partial charge in [-0.05, 0) is 90.4 Å². The molecular formula is C24H60N4O5Si2. The van der Waals surface area contributed by atoms with Crippen molar-refractivity contribution in [2.24, 2.45) is 11.5 Å². The number of unbranched alkanes of at least 4 members (excludes halogenated alkanes) is 6. The molecule has 35 heavy (non-hydrogen) atoms. The van der Waals surface area contributed by atoms with Crippen LogP contribution in [0.2, 0.25) is 18.6 Å². The van der Waals surface area contributed by atoms with Crippen molar-refractivity contribution in [2.75, 3.05) is 74.8 Å². The first-order valence-electron chi connectivity index (χ1n) is 13.5. The molecule has 0 amide bonds. The summed E-state index contributed by atoms with van der Waals surface area (Å²) in [6.07, 6.45) is 12.0. The molecule has 0 radical (unpaired) electrons. The van der Waals surface area contributed by atoms with Crippen LogP contribution >= 0.6 is 0 Å². The van der Waals surface area contributed by atoms with Crippen molar-refractivity contribution in [3.05, 3.63) is 0 Å². The lowest BCUT2D eigenvalue weighted by Gasteiger charge is -2.24. The first-order valence-corrected chi connectivity index (χ1v) is 18.0. The second-order valence-electron chi connectivity index (χ2n) is 8.95. The first kappa shape index (κ1) is 37.2. The topological polar surface area (TPSA) is 122 Å². The van der Waals surface area contributed by atoms with Gasteiger partial charge in [-0.15, -0.1) is 0 Å². The molecule has 0 aliphatic carbocycles. The van der Waals surface area contributed by atoms with E-state index < -0.39 is 17.4 Å². The van der Waals surface area contributed by atoms with Gasteiger partial charge in [-0.1, -0.05) is 25.7 Å². The number of rotatable bonds is 25. The molecule has 9 nitrogen and oxygen atoms in total. The highest BCUT2D eigenvalue weighted by molar-refractivity contribution is 6.65. The normalized spacial score (nSPS) is 12.0. The third-order valence-corrected chi connectivity index (χ3v) is 12.1. The quantitative estimate of drug-likeness (QED) is 0.102. The van der Waals surface area contributed by atoms with Crippen molar-refractivity contribution in [1.29, 1.82) is 0 Å². The lowest BCUT2D eigenvalue weighted by Crippen LogP contribution is -2.43. The molecule has 0 rings (SSSR count). The Kier molecular flexibility index (Phi) is 28.8. The fraction of sp³-hybridized carbons (Fsp3) is 1.00. The molecule has 0 aromatic rings. The zero-order valence-corrected chi connectivity index (χ0v) is 25.9. The maximum absolute atomic E-state index is 5.44. The highest BCUT2D eigenvalue weighted by Crippen LogP contribution is 2.14. The van der Waals surface area contributed by atoms with Crippen molar-refractivity contribution in [3.8, 4) is 0 Å². The summed E-state index contributed by atoms with van der Waals surface area (Å²) in [6, 6.07) is 1.91. The van der Waals surface area contributed by atoms with E-state index in [9.17, 15) is 0 Å². The minimum atomic E-state index is -2.36. The molecule has 0 fully saturated rings. The van der Waals surface area contributed by atoms with Gasteiger partial charge in [0.05, 0.1) is 0 Å². The van der Waals surface area contributed by atoms with E-state index in [4.69, 9.17) is 33.6 Å². The number of nitrogens with one attached hydrogen (secondary N) is 2. The molecule has 214 valence electrons. The van der Waals surface area contributed by atoms with Gasteiger partial charge in [-0.2, -0.15) is 0 Å². The number of nitrogens with two attached hydrogens (primary N) is 2. The molecule has 0 saturated carbocycles. The molecule has 0 aliphatic rings. The van der Waals surface area contributed by atoms with Gasteiger partial charge in [-0.3, -0.25) is 0 Å². The van der Waals surface area contributed by atoms with Crippen LogP contribution in [-0.4, -0.2) is 92.2 Å². The molecular weight excluding hydrogens is 480 g/mol. The Balaban J connectivity index is 0. The summed E-state index contributed by atoms with van der Waals surface area (Å²) in [5.74, 6) is 0. The lowest BCUT2D eigenvalue weighted by atomic mass is 10.2. The zero-order chi connectivity index (χ0) is 26.7. The van der Waals surface area contributed by atoms with Gasteiger partial charge < -0.3 is 44.2 Å². The summed E-state index contributed by atoms with van der Waals surface area (Å²) >= 11 is 0. The Hall–Kier alpha value is 0.0738. The predicted octanol–water partition coefficient (Wildman–Crippen LogP) is 3.21. The van der Waals surface area contributed by atoms with Crippen LogP contribution in [0.15, 0.2) is 0 Å². The molecule has 0 saturated heterocycles. The van der Waals surface area contributed by atoms with Gasteiger partial charge in [0, 0.05) is 41.6 Å². The van der Waals surface area contributed by atoms with Crippen molar-refractivity contribution in [3.63, 3.8) is 0 Å². The van der Waals surface area contributed by atoms with E-state index in [0.29, 0.717) is 0 Å². The molecule has 6 N–H and O–H groups in total. The van der Waals surface area contributed by atoms with Crippen LogP contribution in [0.1, 0.15) is 64.2 Å². The molecule has 0 aromatic heterocycles. The highest BCUT2D eigenvalue weighted by atomic mass is 28.4. The van der Waals surface area contributed by atoms with E-state index >= 15 is 0 Å². The molecule has 0 aromatic carbocycles. The third-order valence-electron chi connectivity index (χ3n) is 6.23. The Labute approximate surface area is 219 Å². The van der Waals surface area contributed by atoms with E-state index in [-0.39, 0.29) is 0 Å². The molecule has 0 unspecified atom stereocenters. The van der Waals surface area contributed by atoms with E-state index in [2.05, 4.69) is 17.2 Å². The molecule has 0 atom stereocenters. The van der Waals surface area contributed by atoms with E-state index in [0.717, 1.165) is 77.0 Å². The van der Waals surface area contributed by atoms with E-state index in [1.54, 1.807) is 35.5 Å². The van der Waals surface area contributed by atoms with Crippen LogP contribution in [-0.2, 0) is 22.1 Å². The monoisotopic (exact) mass is 540 g/mol. The average molecular weight is 541 g/mol. The Morgan fingerprint density at radius 1 is 0.486 bits per heavy atom. The van der Waals surface area contributed by atoms with Gasteiger partial charge in [0.1, 0.15) is 0 Å². The van der Waals surface area contributed by atoms with Crippen molar-refractivity contribution < 1.29 is 22.1 Å². The van der Waals surface area contributed by atoms with Gasteiger partial charge in [0.15, 0.2) is 0 Å². The second-order valence-corrected chi connectivity index (χ2v) is 15.6.